The maximum absolute atomic E-state index is 13.4. The Balaban J connectivity index is 2.48. The van der Waals surface area contributed by atoms with E-state index in [1.807, 2.05) is 0 Å². The second-order valence-corrected chi connectivity index (χ2v) is 6.01. The zero-order chi connectivity index (χ0) is 19.3. The Kier molecular flexibility index (Phi) is 6.18. The third-order valence-corrected chi connectivity index (χ3v) is 3.58. The van der Waals surface area contributed by atoms with Crippen LogP contribution in [-0.2, 0) is 12.9 Å². The van der Waals surface area contributed by atoms with Crippen LogP contribution in [0.1, 0.15) is 42.3 Å². The average molecular weight is 369 g/mol. The molecule has 0 spiro atoms. The lowest BCUT2D eigenvalue weighted by Crippen LogP contribution is -2.42. The first-order valence-electron chi connectivity index (χ1n) is 7.96. The molecular formula is C18H19F4N3O. The van der Waals surface area contributed by atoms with Gasteiger partial charge < -0.3 is 10.6 Å². The summed E-state index contributed by atoms with van der Waals surface area (Å²) >= 11 is 0. The van der Waals surface area contributed by atoms with Crippen molar-refractivity contribution in [3.8, 4) is 0 Å². The lowest BCUT2D eigenvalue weighted by molar-refractivity contribution is -0.138. The standard InChI is InChI=1S/C18H19F4N3O/c1-11(2)24-17(26)25-15(13-7-5-12(10-19)6-8-13)16-14(18(20,21)22)4-3-9-23-16/h3-9,11,15H,10H2,1-2H3,(H2,24,25,26)/t15-/m0/s1. The molecule has 0 unspecified atom stereocenters. The van der Waals surface area contributed by atoms with Crippen molar-refractivity contribution in [3.63, 3.8) is 0 Å². The molecule has 0 bridgehead atoms. The van der Waals surface area contributed by atoms with E-state index in [1.54, 1.807) is 13.8 Å². The lowest BCUT2D eigenvalue weighted by atomic mass is 9.98. The number of urea groups is 1. The fourth-order valence-electron chi connectivity index (χ4n) is 2.43. The number of nitrogens with zero attached hydrogens (tertiary/aromatic N) is 1. The molecule has 0 radical (unpaired) electrons. The predicted octanol–water partition coefficient (Wildman–Crippen LogP) is 4.37. The van der Waals surface area contributed by atoms with E-state index < -0.39 is 30.5 Å². The first-order valence-corrected chi connectivity index (χ1v) is 7.96. The Morgan fingerprint density at radius 3 is 2.31 bits per heavy atom. The number of aromatic nitrogens is 1. The number of carbonyl (C=O) groups is 1. The molecule has 2 aromatic rings. The number of hydrogen-bond acceptors (Lipinski definition) is 2. The van der Waals surface area contributed by atoms with Crippen molar-refractivity contribution in [2.45, 2.75) is 38.8 Å². The van der Waals surface area contributed by atoms with Crippen molar-refractivity contribution in [2.75, 3.05) is 0 Å². The van der Waals surface area contributed by atoms with Crippen LogP contribution in [0, 0.1) is 0 Å². The molecule has 2 rings (SSSR count). The van der Waals surface area contributed by atoms with Gasteiger partial charge in [-0.25, -0.2) is 9.18 Å². The van der Waals surface area contributed by atoms with E-state index in [0.29, 0.717) is 11.1 Å². The monoisotopic (exact) mass is 369 g/mol. The summed E-state index contributed by atoms with van der Waals surface area (Å²) in [4.78, 5) is 16.0. The molecule has 0 aliphatic rings. The van der Waals surface area contributed by atoms with Gasteiger partial charge in [0.2, 0.25) is 0 Å². The van der Waals surface area contributed by atoms with Gasteiger partial charge in [0.25, 0.3) is 0 Å². The van der Waals surface area contributed by atoms with Crippen molar-refractivity contribution in [2.24, 2.45) is 0 Å². The van der Waals surface area contributed by atoms with Crippen LogP contribution in [-0.4, -0.2) is 17.1 Å². The highest BCUT2D eigenvalue weighted by Crippen LogP contribution is 2.35. The van der Waals surface area contributed by atoms with Gasteiger partial charge in [-0.05, 0) is 37.1 Å². The van der Waals surface area contributed by atoms with Crippen LogP contribution < -0.4 is 10.6 Å². The summed E-state index contributed by atoms with van der Waals surface area (Å²) < 4.78 is 52.8. The fraction of sp³-hybridized carbons (Fsp3) is 0.333. The Labute approximate surface area is 148 Å². The third kappa shape index (κ3) is 4.93. The number of benzene rings is 1. The molecule has 26 heavy (non-hydrogen) atoms. The lowest BCUT2D eigenvalue weighted by Gasteiger charge is -2.23. The van der Waals surface area contributed by atoms with Gasteiger partial charge >= 0.3 is 12.2 Å². The van der Waals surface area contributed by atoms with Crippen LogP contribution in [0.5, 0.6) is 0 Å². The maximum Gasteiger partial charge on any atom is 0.418 e. The first kappa shape index (κ1) is 19.7. The Morgan fingerprint density at radius 1 is 1.12 bits per heavy atom. The van der Waals surface area contributed by atoms with Gasteiger partial charge in [0.1, 0.15) is 6.67 Å². The molecule has 0 fully saturated rings. The van der Waals surface area contributed by atoms with E-state index in [9.17, 15) is 22.4 Å². The van der Waals surface area contributed by atoms with Gasteiger partial charge in [0.15, 0.2) is 0 Å². The summed E-state index contributed by atoms with van der Waals surface area (Å²) in [5, 5.41) is 5.10. The highest BCUT2D eigenvalue weighted by atomic mass is 19.4. The number of carbonyl (C=O) groups excluding carboxylic acids is 1. The fourth-order valence-corrected chi connectivity index (χ4v) is 2.43. The normalized spacial score (nSPS) is 12.7. The largest absolute Gasteiger partial charge is 0.418 e. The molecule has 2 N–H and O–H groups in total. The van der Waals surface area contributed by atoms with Crippen molar-refractivity contribution < 1.29 is 22.4 Å². The molecule has 1 aromatic heterocycles. The summed E-state index contributed by atoms with van der Waals surface area (Å²) in [6.45, 7) is 2.77. The zero-order valence-electron chi connectivity index (χ0n) is 14.3. The first-order chi connectivity index (χ1) is 12.2. The van der Waals surface area contributed by atoms with Crippen LogP contribution in [0.15, 0.2) is 42.6 Å². The molecule has 1 heterocycles. The highest BCUT2D eigenvalue weighted by Gasteiger charge is 2.37. The van der Waals surface area contributed by atoms with E-state index >= 15 is 0 Å². The number of amides is 2. The van der Waals surface area contributed by atoms with Gasteiger partial charge in [-0.1, -0.05) is 24.3 Å². The minimum Gasteiger partial charge on any atom is -0.336 e. The molecule has 0 aliphatic carbocycles. The summed E-state index contributed by atoms with van der Waals surface area (Å²) in [5.74, 6) is 0. The Morgan fingerprint density at radius 2 is 1.77 bits per heavy atom. The summed E-state index contributed by atoms with van der Waals surface area (Å²) in [6, 6.07) is 6.00. The van der Waals surface area contributed by atoms with E-state index in [2.05, 4.69) is 15.6 Å². The number of rotatable bonds is 5. The van der Waals surface area contributed by atoms with Crippen molar-refractivity contribution >= 4 is 6.03 Å². The summed E-state index contributed by atoms with van der Waals surface area (Å²) in [7, 11) is 0. The van der Waals surface area contributed by atoms with Crippen LogP contribution in [0.2, 0.25) is 0 Å². The SMILES string of the molecule is CC(C)NC(=O)N[C@@H](c1ccc(CF)cc1)c1ncccc1C(F)(F)F. The van der Waals surface area contributed by atoms with Crippen LogP contribution >= 0.6 is 0 Å². The zero-order valence-corrected chi connectivity index (χ0v) is 14.3. The molecule has 1 atom stereocenters. The van der Waals surface area contributed by atoms with Gasteiger partial charge in [-0.2, -0.15) is 13.2 Å². The van der Waals surface area contributed by atoms with Gasteiger partial charge in [-0.15, -0.1) is 0 Å². The van der Waals surface area contributed by atoms with Crippen molar-refractivity contribution in [1.29, 1.82) is 0 Å². The molecule has 140 valence electrons. The van der Waals surface area contributed by atoms with Crippen LogP contribution in [0.3, 0.4) is 0 Å². The van der Waals surface area contributed by atoms with E-state index in [0.717, 1.165) is 6.07 Å². The number of alkyl halides is 4. The third-order valence-electron chi connectivity index (χ3n) is 3.58. The molecule has 1 aromatic carbocycles. The predicted molar refractivity (Wildman–Crippen MR) is 89.1 cm³/mol. The minimum atomic E-state index is -4.63. The number of halogens is 4. The molecular weight excluding hydrogens is 350 g/mol. The van der Waals surface area contributed by atoms with E-state index in [1.165, 1.54) is 36.5 Å². The van der Waals surface area contributed by atoms with Gasteiger partial charge in [-0.3, -0.25) is 4.98 Å². The van der Waals surface area contributed by atoms with Crippen LogP contribution in [0.25, 0.3) is 0 Å². The number of hydrogen-bond donors (Lipinski definition) is 2. The minimum absolute atomic E-state index is 0.199. The molecule has 0 aliphatic heterocycles. The van der Waals surface area contributed by atoms with Crippen molar-refractivity contribution in [3.05, 3.63) is 65.0 Å². The molecule has 0 saturated heterocycles. The summed E-state index contributed by atoms with van der Waals surface area (Å²) in [6.07, 6.45) is -3.40. The molecule has 0 saturated carbocycles. The second-order valence-electron chi connectivity index (χ2n) is 6.01. The highest BCUT2D eigenvalue weighted by molar-refractivity contribution is 5.75. The van der Waals surface area contributed by atoms with Crippen LogP contribution in [0.4, 0.5) is 22.4 Å². The second kappa shape index (κ2) is 8.16. The molecule has 4 nitrogen and oxygen atoms in total. The molecule has 8 heteroatoms. The summed E-state index contributed by atoms with van der Waals surface area (Å²) in [5.41, 5.74) is -0.516. The Hall–Kier alpha value is -2.64. The van der Waals surface area contributed by atoms with Gasteiger partial charge in [0.05, 0.1) is 17.3 Å². The average Bonchev–Trinajstić information content (AvgIpc) is 2.58. The number of nitrogens with one attached hydrogen (secondary N) is 2. The Bertz CT molecular complexity index is 745. The van der Waals surface area contributed by atoms with Gasteiger partial charge in [0, 0.05) is 12.2 Å². The quantitative estimate of drug-likeness (QED) is 0.769. The number of pyridine rings is 1. The molecule has 2 amide bonds. The topological polar surface area (TPSA) is 54.0 Å². The van der Waals surface area contributed by atoms with E-state index in [4.69, 9.17) is 0 Å². The van der Waals surface area contributed by atoms with E-state index in [-0.39, 0.29) is 11.7 Å². The van der Waals surface area contributed by atoms with Crippen molar-refractivity contribution in [1.82, 2.24) is 15.6 Å². The smallest absolute Gasteiger partial charge is 0.336 e. The maximum atomic E-state index is 13.4.